The minimum absolute atomic E-state index is 0.616. The largest absolute Gasteiger partial charge is 0.380 e. The summed E-state index contributed by atoms with van der Waals surface area (Å²) in [5.41, 5.74) is 0. The Kier molecular flexibility index (Phi) is 6.20. The summed E-state index contributed by atoms with van der Waals surface area (Å²) in [6.45, 7) is 6.42. The summed E-state index contributed by atoms with van der Waals surface area (Å²) in [4.78, 5) is 0. The van der Waals surface area contributed by atoms with Crippen molar-refractivity contribution in [3.8, 4) is 0 Å². The van der Waals surface area contributed by atoms with Gasteiger partial charge in [0.15, 0.2) is 0 Å². The Morgan fingerprint density at radius 1 is 1.43 bits per heavy atom. The Morgan fingerprint density at radius 3 is 2.86 bits per heavy atom. The quantitative estimate of drug-likeness (QED) is 0.710. The fraction of sp³-hybridized carbons (Fsp3) is 1.00. The van der Waals surface area contributed by atoms with Gasteiger partial charge in [-0.25, -0.2) is 0 Å². The maximum absolute atomic E-state index is 5.47. The van der Waals surface area contributed by atoms with Gasteiger partial charge >= 0.3 is 0 Å². The molecule has 2 atom stereocenters. The molecule has 0 spiro atoms. The summed E-state index contributed by atoms with van der Waals surface area (Å²) in [5, 5.41) is 3.72. The fourth-order valence-electron chi connectivity index (χ4n) is 2.06. The Labute approximate surface area is 88.4 Å². The summed E-state index contributed by atoms with van der Waals surface area (Å²) in [6, 6.07) is 1.33. The maximum Gasteiger partial charge on any atom is 0.0619 e. The molecule has 1 heterocycles. The zero-order valence-corrected chi connectivity index (χ0v) is 9.72. The monoisotopic (exact) mass is 199 g/mol. The second kappa shape index (κ2) is 7.24. The van der Waals surface area contributed by atoms with Crippen LogP contribution in [0.3, 0.4) is 0 Å². The Bertz CT molecular complexity index is 132. The second-order valence-corrected chi connectivity index (χ2v) is 4.33. The van der Waals surface area contributed by atoms with Crippen LogP contribution in [0.4, 0.5) is 0 Å². The van der Waals surface area contributed by atoms with Gasteiger partial charge in [-0.2, -0.15) is 0 Å². The maximum atomic E-state index is 5.47. The van der Waals surface area contributed by atoms with E-state index in [9.17, 15) is 0 Å². The first-order chi connectivity index (χ1) is 6.86. The van der Waals surface area contributed by atoms with Crippen molar-refractivity contribution < 1.29 is 4.74 Å². The Morgan fingerprint density at radius 2 is 2.29 bits per heavy atom. The van der Waals surface area contributed by atoms with E-state index in [-0.39, 0.29) is 0 Å². The molecular formula is C12H25NO. The molecule has 1 aliphatic rings. The van der Waals surface area contributed by atoms with Crippen LogP contribution in [0.2, 0.25) is 0 Å². The summed E-state index contributed by atoms with van der Waals surface area (Å²) in [6.07, 6.45) is 7.74. The topological polar surface area (TPSA) is 21.3 Å². The zero-order valence-electron chi connectivity index (χ0n) is 9.72. The number of hydrogen-bond acceptors (Lipinski definition) is 2. The lowest BCUT2D eigenvalue weighted by Gasteiger charge is -2.28. The van der Waals surface area contributed by atoms with Crippen molar-refractivity contribution >= 4 is 0 Å². The van der Waals surface area contributed by atoms with Crippen LogP contribution >= 0.6 is 0 Å². The van der Waals surface area contributed by atoms with Gasteiger partial charge < -0.3 is 10.1 Å². The third-order valence-electron chi connectivity index (χ3n) is 3.03. The van der Waals surface area contributed by atoms with Crippen LogP contribution in [0.1, 0.15) is 52.4 Å². The SMILES string of the molecule is CCCCC(CC)NC1CCCOC1. The van der Waals surface area contributed by atoms with Crippen LogP contribution < -0.4 is 5.32 Å². The van der Waals surface area contributed by atoms with Gasteiger partial charge in [0.1, 0.15) is 0 Å². The van der Waals surface area contributed by atoms with Crippen molar-refractivity contribution in [3.05, 3.63) is 0 Å². The molecule has 1 rings (SSSR count). The van der Waals surface area contributed by atoms with Crippen molar-refractivity contribution in [1.82, 2.24) is 5.32 Å². The highest BCUT2D eigenvalue weighted by atomic mass is 16.5. The van der Waals surface area contributed by atoms with Crippen molar-refractivity contribution in [2.24, 2.45) is 0 Å². The molecule has 1 saturated heterocycles. The third kappa shape index (κ3) is 4.43. The van der Waals surface area contributed by atoms with Gasteiger partial charge in [0, 0.05) is 18.7 Å². The van der Waals surface area contributed by atoms with E-state index in [1.165, 1.54) is 38.5 Å². The molecule has 0 saturated carbocycles. The highest BCUT2D eigenvalue weighted by Gasteiger charge is 2.16. The minimum Gasteiger partial charge on any atom is -0.380 e. The van der Waals surface area contributed by atoms with E-state index in [2.05, 4.69) is 19.2 Å². The summed E-state index contributed by atoms with van der Waals surface area (Å²) in [7, 11) is 0. The van der Waals surface area contributed by atoms with E-state index >= 15 is 0 Å². The zero-order chi connectivity index (χ0) is 10.2. The summed E-state index contributed by atoms with van der Waals surface area (Å²) < 4.78 is 5.47. The molecule has 0 aliphatic carbocycles. The first kappa shape index (κ1) is 12.0. The van der Waals surface area contributed by atoms with Crippen molar-refractivity contribution in [3.63, 3.8) is 0 Å². The lowest BCUT2D eigenvalue weighted by molar-refractivity contribution is 0.0656. The predicted octanol–water partition coefficient (Wildman–Crippen LogP) is 2.72. The molecule has 2 nitrogen and oxygen atoms in total. The van der Waals surface area contributed by atoms with Gasteiger partial charge in [-0.15, -0.1) is 0 Å². The number of nitrogens with one attached hydrogen (secondary N) is 1. The smallest absolute Gasteiger partial charge is 0.0619 e. The van der Waals surface area contributed by atoms with Crippen LogP contribution in [0.5, 0.6) is 0 Å². The minimum atomic E-state index is 0.616. The molecule has 1 aliphatic heterocycles. The average molecular weight is 199 g/mol. The van der Waals surface area contributed by atoms with Crippen molar-refractivity contribution in [2.75, 3.05) is 13.2 Å². The summed E-state index contributed by atoms with van der Waals surface area (Å²) in [5.74, 6) is 0. The molecular weight excluding hydrogens is 174 g/mol. The molecule has 2 unspecified atom stereocenters. The number of hydrogen-bond donors (Lipinski definition) is 1. The average Bonchev–Trinajstić information content (AvgIpc) is 2.25. The molecule has 0 aromatic carbocycles. The van der Waals surface area contributed by atoms with Gasteiger partial charge in [-0.05, 0) is 25.7 Å². The van der Waals surface area contributed by atoms with Crippen molar-refractivity contribution in [2.45, 2.75) is 64.5 Å². The van der Waals surface area contributed by atoms with Crippen LogP contribution in [-0.2, 0) is 4.74 Å². The molecule has 0 radical (unpaired) electrons. The normalized spacial score (nSPS) is 24.9. The van der Waals surface area contributed by atoms with E-state index in [0.717, 1.165) is 13.2 Å². The van der Waals surface area contributed by atoms with Crippen LogP contribution in [-0.4, -0.2) is 25.3 Å². The van der Waals surface area contributed by atoms with Gasteiger partial charge in [0.2, 0.25) is 0 Å². The summed E-state index contributed by atoms with van der Waals surface area (Å²) >= 11 is 0. The Balaban J connectivity index is 2.16. The Hall–Kier alpha value is -0.0800. The first-order valence-corrected chi connectivity index (χ1v) is 6.20. The molecule has 1 N–H and O–H groups in total. The number of rotatable bonds is 6. The predicted molar refractivity (Wildman–Crippen MR) is 60.6 cm³/mol. The first-order valence-electron chi connectivity index (χ1n) is 6.20. The standard InChI is InChI=1S/C12H25NO/c1-3-5-7-11(4-2)13-12-8-6-9-14-10-12/h11-13H,3-10H2,1-2H3. The molecule has 1 fully saturated rings. The van der Waals surface area contributed by atoms with E-state index < -0.39 is 0 Å². The molecule has 0 aromatic heterocycles. The fourth-order valence-corrected chi connectivity index (χ4v) is 2.06. The highest BCUT2D eigenvalue weighted by molar-refractivity contribution is 4.75. The van der Waals surface area contributed by atoms with Crippen LogP contribution in [0.25, 0.3) is 0 Å². The second-order valence-electron chi connectivity index (χ2n) is 4.33. The van der Waals surface area contributed by atoms with Gasteiger partial charge in [-0.3, -0.25) is 0 Å². The molecule has 14 heavy (non-hydrogen) atoms. The molecule has 0 amide bonds. The van der Waals surface area contributed by atoms with E-state index in [0.29, 0.717) is 12.1 Å². The van der Waals surface area contributed by atoms with Crippen LogP contribution in [0, 0.1) is 0 Å². The molecule has 2 heteroatoms. The van der Waals surface area contributed by atoms with Gasteiger partial charge in [0.05, 0.1) is 6.61 Å². The van der Waals surface area contributed by atoms with E-state index in [1.807, 2.05) is 0 Å². The molecule has 0 aromatic rings. The third-order valence-corrected chi connectivity index (χ3v) is 3.03. The van der Waals surface area contributed by atoms with E-state index in [1.54, 1.807) is 0 Å². The van der Waals surface area contributed by atoms with Crippen molar-refractivity contribution in [1.29, 1.82) is 0 Å². The molecule has 84 valence electrons. The highest BCUT2D eigenvalue weighted by Crippen LogP contribution is 2.10. The molecule has 0 bridgehead atoms. The lowest BCUT2D eigenvalue weighted by Crippen LogP contribution is -2.42. The van der Waals surface area contributed by atoms with Gasteiger partial charge in [0.25, 0.3) is 0 Å². The lowest BCUT2D eigenvalue weighted by atomic mass is 10.0. The van der Waals surface area contributed by atoms with E-state index in [4.69, 9.17) is 4.74 Å². The van der Waals surface area contributed by atoms with Gasteiger partial charge in [-0.1, -0.05) is 26.7 Å². The number of unbranched alkanes of at least 4 members (excludes halogenated alkanes) is 1. The number of ether oxygens (including phenoxy) is 1. The van der Waals surface area contributed by atoms with Crippen LogP contribution in [0.15, 0.2) is 0 Å².